The van der Waals surface area contributed by atoms with Gasteiger partial charge in [-0.1, -0.05) is 18.2 Å². The van der Waals surface area contributed by atoms with E-state index in [1.165, 1.54) is 26.5 Å². The lowest BCUT2D eigenvalue weighted by Gasteiger charge is -2.24. The van der Waals surface area contributed by atoms with E-state index in [0.717, 1.165) is 0 Å². The van der Waals surface area contributed by atoms with Gasteiger partial charge in [-0.3, -0.25) is 4.98 Å². The number of pyridine rings is 1. The summed E-state index contributed by atoms with van der Waals surface area (Å²) < 4.78 is 55.6. The summed E-state index contributed by atoms with van der Waals surface area (Å²) in [5.41, 5.74) is -0.860. The number of carbonyl (C=O) groups is 1. The molecule has 3 aromatic rings. The van der Waals surface area contributed by atoms with Gasteiger partial charge in [0.2, 0.25) is 0 Å². The molecule has 7 nitrogen and oxygen atoms in total. The highest BCUT2D eigenvalue weighted by atomic mass is 35.5. The third kappa shape index (κ3) is 4.93. The van der Waals surface area contributed by atoms with Crippen molar-refractivity contribution in [1.82, 2.24) is 10.3 Å². The number of rotatable bonds is 8. The normalized spacial score (nSPS) is 14.2. The van der Waals surface area contributed by atoms with Crippen LogP contribution in [0.4, 0.5) is 18.9 Å². The third-order valence-electron chi connectivity index (χ3n) is 5.56. The molecule has 1 saturated carbocycles. The molecular weight excluding hydrogens is 487 g/mol. The average Bonchev–Trinajstić information content (AvgIpc) is 3.60. The van der Waals surface area contributed by atoms with Crippen LogP contribution in [0.15, 0.2) is 55.0 Å². The lowest BCUT2D eigenvalue weighted by molar-refractivity contribution is -0.163. The fourth-order valence-electron chi connectivity index (χ4n) is 3.55. The predicted molar refractivity (Wildman–Crippen MR) is 125 cm³/mol. The maximum absolute atomic E-state index is 13.2. The highest BCUT2D eigenvalue weighted by Crippen LogP contribution is 2.49. The van der Waals surface area contributed by atoms with E-state index in [-0.39, 0.29) is 29.2 Å². The molecule has 1 aromatic heterocycles. The number of hydrogen-bond acceptors (Lipinski definition) is 7. The van der Waals surface area contributed by atoms with Gasteiger partial charge in [0, 0.05) is 23.7 Å². The summed E-state index contributed by atoms with van der Waals surface area (Å²) in [5.74, 6) is 0.464. The Bertz CT molecular complexity index is 1310. The summed E-state index contributed by atoms with van der Waals surface area (Å²) in [7, 11) is 2.70. The lowest BCUT2D eigenvalue weighted by Crippen LogP contribution is -2.45. The van der Waals surface area contributed by atoms with E-state index in [2.05, 4.69) is 22.2 Å². The highest BCUT2D eigenvalue weighted by Gasteiger charge is 2.63. The molecular formula is C24H21ClF3N3O4. The van der Waals surface area contributed by atoms with Gasteiger partial charge in [0.15, 0.2) is 0 Å². The molecule has 0 atom stereocenters. The van der Waals surface area contributed by atoms with Gasteiger partial charge in [0.1, 0.15) is 28.4 Å². The second kappa shape index (κ2) is 9.18. The first-order valence-electron chi connectivity index (χ1n) is 10.4. The molecule has 11 heteroatoms. The van der Waals surface area contributed by atoms with Gasteiger partial charge in [0.25, 0.3) is 0 Å². The maximum Gasteiger partial charge on any atom is 0.411 e. The zero-order chi connectivity index (χ0) is 25.4. The highest BCUT2D eigenvalue weighted by molar-refractivity contribution is 6.33. The van der Waals surface area contributed by atoms with E-state index in [9.17, 15) is 18.0 Å². The molecule has 0 radical (unpaired) electrons. The molecule has 2 aromatic carbocycles. The summed E-state index contributed by atoms with van der Waals surface area (Å²) in [4.78, 5) is 16.4. The predicted octanol–water partition coefficient (Wildman–Crippen LogP) is 6.04. The number of alkyl halides is 3. The van der Waals surface area contributed by atoms with Crippen molar-refractivity contribution in [3.05, 3.63) is 65.6 Å². The first kappa shape index (κ1) is 24.5. The number of halogens is 4. The molecule has 0 spiro atoms. The molecule has 0 saturated heterocycles. The number of methoxy groups -OCH3 is 2. The van der Waals surface area contributed by atoms with Gasteiger partial charge in [-0.2, -0.15) is 13.2 Å². The number of nitrogens with one attached hydrogen (secondary N) is 2. The number of fused-ring (bicyclic) bond motifs is 1. The Hall–Kier alpha value is -3.66. The monoisotopic (exact) mass is 507 g/mol. The number of nitrogens with zero attached hydrogens (tertiary/aromatic N) is 1. The second-order valence-electron chi connectivity index (χ2n) is 7.92. The van der Waals surface area contributed by atoms with Gasteiger partial charge >= 0.3 is 12.1 Å². The maximum atomic E-state index is 13.2. The molecule has 2 N–H and O–H groups in total. The molecule has 35 heavy (non-hydrogen) atoms. The van der Waals surface area contributed by atoms with E-state index in [1.54, 1.807) is 30.3 Å². The zero-order valence-corrected chi connectivity index (χ0v) is 19.5. The van der Waals surface area contributed by atoms with Crippen LogP contribution in [-0.2, 0) is 4.74 Å². The van der Waals surface area contributed by atoms with Crippen LogP contribution in [0.5, 0.6) is 17.2 Å². The van der Waals surface area contributed by atoms with Crippen molar-refractivity contribution in [2.24, 2.45) is 0 Å². The fraction of sp³-hybridized carbons (Fsp3) is 0.250. The van der Waals surface area contributed by atoms with E-state index < -0.39 is 17.7 Å². The summed E-state index contributed by atoms with van der Waals surface area (Å²) in [6.45, 7) is 3.63. The van der Waals surface area contributed by atoms with Crippen LogP contribution < -0.4 is 20.1 Å². The van der Waals surface area contributed by atoms with Crippen LogP contribution in [0.3, 0.4) is 0 Å². The minimum absolute atomic E-state index is 0.0127. The number of benzene rings is 2. The number of ether oxygens (including phenoxy) is 3. The molecule has 0 bridgehead atoms. The average molecular weight is 508 g/mol. The Balaban J connectivity index is 1.55. The van der Waals surface area contributed by atoms with Gasteiger partial charge < -0.3 is 24.8 Å². The quantitative estimate of drug-likeness (QED) is 0.359. The van der Waals surface area contributed by atoms with Gasteiger partial charge in [-0.15, -0.1) is 0 Å². The van der Waals surface area contributed by atoms with Crippen LogP contribution in [0.1, 0.15) is 23.2 Å². The molecule has 1 heterocycles. The van der Waals surface area contributed by atoms with Crippen molar-refractivity contribution >= 4 is 34.2 Å². The Morgan fingerprint density at radius 1 is 1.14 bits per heavy atom. The van der Waals surface area contributed by atoms with E-state index in [4.69, 9.17) is 25.8 Å². The van der Waals surface area contributed by atoms with Crippen LogP contribution in [-0.4, -0.2) is 36.9 Å². The van der Waals surface area contributed by atoms with Gasteiger partial charge in [0.05, 0.1) is 36.3 Å². The molecule has 0 unspecified atom stereocenters. The molecule has 1 fully saturated rings. The van der Waals surface area contributed by atoms with E-state index >= 15 is 0 Å². The smallest absolute Gasteiger partial charge is 0.411 e. The molecule has 184 valence electrons. The van der Waals surface area contributed by atoms with E-state index in [1.807, 2.05) is 0 Å². The Morgan fingerprint density at radius 3 is 2.49 bits per heavy atom. The van der Waals surface area contributed by atoms with Crippen molar-refractivity contribution in [3.63, 3.8) is 0 Å². The third-order valence-corrected chi connectivity index (χ3v) is 5.88. The zero-order valence-electron chi connectivity index (χ0n) is 18.8. The molecule has 1 aliphatic carbocycles. The number of esters is 1. The lowest BCUT2D eigenvalue weighted by atomic mass is 10.1. The molecule has 0 aliphatic heterocycles. The fourth-order valence-corrected chi connectivity index (χ4v) is 3.77. The molecule has 0 amide bonds. The standard InChI is InChI=1S/C24H21ClF3N3O4/c1-13(31-23(7-8-23)24(26,27)28)30-18-5-4-14(10-17(18)25)35-20-6-9-29-19-12-21(33-2)16(11-15(19)20)22(32)34-3/h4-6,9-12,30-31H,1,7-8H2,2-3H3. The summed E-state index contributed by atoms with van der Waals surface area (Å²) in [6, 6.07) is 9.43. The number of anilines is 1. The molecule has 1 aliphatic rings. The van der Waals surface area contributed by atoms with Crippen molar-refractivity contribution in [2.75, 3.05) is 19.5 Å². The number of aromatic nitrogens is 1. The minimum Gasteiger partial charge on any atom is -0.496 e. The van der Waals surface area contributed by atoms with Gasteiger partial charge in [-0.05, 0) is 37.1 Å². The Kier molecular flexibility index (Phi) is 6.42. The van der Waals surface area contributed by atoms with Crippen LogP contribution >= 0.6 is 11.6 Å². The number of carbonyl (C=O) groups excluding carboxylic acids is 1. The molecule has 4 rings (SSSR count). The summed E-state index contributed by atoms with van der Waals surface area (Å²) in [6.07, 6.45) is -2.86. The van der Waals surface area contributed by atoms with Crippen molar-refractivity contribution in [2.45, 2.75) is 24.6 Å². The summed E-state index contributed by atoms with van der Waals surface area (Å²) >= 11 is 6.34. The Morgan fingerprint density at radius 2 is 1.89 bits per heavy atom. The SMILES string of the molecule is C=C(Nc1ccc(Oc2ccnc3cc(OC)c(C(=O)OC)cc23)cc1Cl)NC1(C(F)(F)F)CC1. The van der Waals surface area contributed by atoms with Crippen LogP contribution in [0.25, 0.3) is 10.9 Å². The first-order chi connectivity index (χ1) is 16.6. The number of hydrogen-bond donors (Lipinski definition) is 2. The van der Waals surface area contributed by atoms with Crippen molar-refractivity contribution in [3.8, 4) is 17.2 Å². The van der Waals surface area contributed by atoms with E-state index in [0.29, 0.717) is 33.8 Å². The minimum atomic E-state index is -4.37. The van der Waals surface area contributed by atoms with Crippen LogP contribution in [0, 0.1) is 0 Å². The summed E-state index contributed by atoms with van der Waals surface area (Å²) in [5, 5.41) is 5.92. The first-order valence-corrected chi connectivity index (χ1v) is 10.8. The van der Waals surface area contributed by atoms with Crippen LogP contribution in [0.2, 0.25) is 5.02 Å². The second-order valence-corrected chi connectivity index (χ2v) is 8.33. The van der Waals surface area contributed by atoms with Crippen molar-refractivity contribution < 1.29 is 32.2 Å². The van der Waals surface area contributed by atoms with Gasteiger partial charge in [-0.25, -0.2) is 4.79 Å². The van der Waals surface area contributed by atoms with Crippen molar-refractivity contribution in [1.29, 1.82) is 0 Å². The largest absolute Gasteiger partial charge is 0.496 e. The Labute approximate surface area is 203 Å². The topological polar surface area (TPSA) is 81.7 Å².